The maximum atomic E-state index is 3.75. The van der Waals surface area contributed by atoms with Gasteiger partial charge in [0.2, 0.25) is 0 Å². The van der Waals surface area contributed by atoms with Crippen molar-refractivity contribution in [2.75, 3.05) is 6.54 Å². The molecule has 2 saturated carbocycles. The summed E-state index contributed by atoms with van der Waals surface area (Å²) in [6.45, 7) is 3.61. The van der Waals surface area contributed by atoms with Crippen molar-refractivity contribution in [1.29, 1.82) is 0 Å². The van der Waals surface area contributed by atoms with E-state index in [0.717, 1.165) is 23.8 Å². The molecule has 1 aromatic rings. The van der Waals surface area contributed by atoms with Gasteiger partial charge in [-0.1, -0.05) is 19.8 Å². The van der Waals surface area contributed by atoms with Gasteiger partial charge in [-0.25, -0.2) is 0 Å². The molecule has 18 heavy (non-hydrogen) atoms. The van der Waals surface area contributed by atoms with Crippen LogP contribution in [0.1, 0.15) is 56.9 Å². The van der Waals surface area contributed by atoms with E-state index < -0.39 is 0 Å². The molecule has 0 bridgehead atoms. The van der Waals surface area contributed by atoms with Crippen LogP contribution < -0.4 is 5.32 Å². The first-order chi connectivity index (χ1) is 8.86. The van der Waals surface area contributed by atoms with Gasteiger partial charge in [0, 0.05) is 6.04 Å². The lowest BCUT2D eigenvalue weighted by Gasteiger charge is -2.36. The van der Waals surface area contributed by atoms with Gasteiger partial charge in [-0.3, -0.25) is 0 Å². The Kier molecular flexibility index (Phi) is 4.05. The highest BCUT2D eigenvalue weighted by Gasteiger charge is 2.32. The maximum absolute atomic E-state index is 3.75. The van der Waals surface area contributed by atoms with Crippen molar-refractivity contribution in [2.45, 2.75) is 57.4 Å². The van der Waals surface area contributed by atoms with Crippen LogP contribution in [0, 0.1) is 11.8 Å². The van der Waals surface area contributed by atoms with E-state index >= 15 is 0 Å². The molecule has 2 aliphatic carbocycles. The first-order valence-electron chi connectivity index (χ1n) is 7.62. The molecule has 3 atom stereocenters. The van der Waals surface area contributed by atoms with E-state index in [1.807, 2.05) is 11.3 Å². The minimum absolute atomic E-state index is 0.821. The molecule has 1 nitrogen and oxygen atoms in total. The zero-order chi connectivity index (χ0) is 12.4. The van der Waals surface area contributed by atoms with Gasteiger partial charge in [-0.15, -0.1) is 0 Å². The maximum Gasteiger partial charge on any atom is 0.00683 e. The van der Waals surface area contributed by atoms with Crippen molar-refractivity contribution in [3.8, 4) is 0 Å². The molecular formula is C16H25NS. The molecule has 3 rings (SSSR count). The first kappa shape index (κ1) is 12.7. The van der Waals surface area contributed by atoms with Crippen LogP contribution in [0.5, 0.6) is 0 Å². The molecule has 0 amide bonds. The molecule has 0 saturated heterocycles. The van der Waals surface area contributed by atoms with Crippen molar-refractivity contribution >= 4 is 11.3 Å². The second-order valence-electron chi connectivity index (χ2n) is 6.19. The molecule has 0 aromatic carbocycles. The number of hydrogen-bond donors (Lipinski definition) is 1. The molecule has 0 spiro atoms. The summed E-state index contributed by atoms with van der Waals surface area (Å²) in [6.07, 6.45) is 8.49. The molecule has 2 heteroatoms. The Labute approximate surface area is 115 Å². The van der Waals surface area contributed by atoms with E-state index in [1.165, 1.54) is 45.1 Å². The summed E-state index contributed by atoms with van der Waals surface area (Å²) < 4.78 is 0. The van der Waals surface area contributed by atoms with Crippen molar-refractivity contribution in [1.82, 2.24) is 5.32 Å². The van der Waals surface area contributed by atoms with Crippen LogP contribution in [0.2, 0.25) is 0 Å². The Hall–Kier alpha value is -0.340. The van der Waals surface area contributed by atoms with E-state index in [-0.39, 0.29) is 0 Å². The lowest BCUT2D eigenvalue weighted by atomic mass is 9.71. The fourth-order valence-electron chi connectivity index (χ4n) is 3.44. The van der Waals surface area contributed by atoms with Gasteiger partial charge in [-0.05, 0) is 72.4 Å². The third-order valence-electron chi connectivity index (χ3n) is 4.90. The van der Waals surface area contributed by atoms with E-state index in [2.05, 4.69) is 29.1 Å². The second-order valence-corrected chi connectivity index (χ2v) is 6.97. The van der Waals surface area contributed by atoms with E-state index in [0.29, 0.717) is 0 Å². The van der Waals surface area contributed by atoms with Crippen LogP contribution in [-0.2, 0) is 0 Å². The topological polar surface area (TPSA) is 12.0 Å². The summed E-state index contributed by atoms with van der Waals surface area (Å²) in [6, 6.07) is 3.22. The third kappa shape index (κ3) is 2.97. The molecule has 100 valence electrons. The lowest BCUT2D eigenvalue weighted by molar-refractivity contribution is 0.225. The van der Waals surface area contributed by atoms with Crippen LogP contribution in [0.4, 0.5) is 0 Å². The number of hydrogen-bond acceptors (Lipinski definition) is 2. The molecule has 3 unspecified atom stereocenters. The predicted molar refractivity (Wildman–Crippen MR) is 79.2 cm³/mol. The van der Waals surface area contributed by atoms with E-state index in [9.17, 15) is 0 Å². The number of rotatable bonds is 5. The van der Waals surface area contributed by atoms with Gasteiger partial charge in [0.05, 0.1) is 0 Å². The fourth-order valence-corrected chi connectivity index (χ4v) is 4.16. The summed E-state index contributed by atoms with van der Waals surface area (Å²) in [7, 11) is 0. The van der Waals surface area contributed by atoms with Crippen molar-refractivity contribution < 1.29 is 0 Å². The standard InChI is InChI=1S/C16H25NS/c1-2-12-3-4-13(10-17-15-5-6-15)16(9-12)14-7-8-18-11-14/h7-8,11-13,15-17H,2-6,9-10H2,1H3. The Morgan fingerprint density at radius 2 is 2.17 bits per heavy atom. The Morgan fingerprint density at radius 1 is 1.28 bits per heavy atom. The molecule has 1 aromatic heterocycles. The van der Waals surface area contributed by atoms with Crippen LogP contribution in [0.25, 0.3) is 0 Å². The molecule has 0 radical (unpaired) electrons. The molecular weight excluding hydrogens is 238 g/mol. The smallest absolute Gasteiger partial charge is 0.00683 e. The van der Waals surface area contributed by atoms with Crippen molar-refractivity contribution in [3.63, 3.8) is 0 Å². The summed E-state index contributed by atoms with van der Waals surface area (Å²) in [5.74, 6) is 2.66. The minimum atomic E-state index is 0.821. The largest absolute Gasteiger partial charge is 0.314 e. The lowest BCUT2D eigenvalue weighted by Crippen LogP contribution is -2.32. The Bertz CT molecular complexity index is 355. The molecule has 1 heterocycles. The van der Waals surface area contributed by atoms with Gasteiger partial charge in [0.1, 0.15) is 0 Å². The monoisotopic (exact) mass is 263 g/mol. The quantitative estimate of drug-likeness (QED) is 0.829. The van der Waals surface area contributed by atoms with E-state index in [4.69, 9.17) is 0 Å². The highest BCUT2D eigenvalue weighted by molar-refractivity contribution is 7.07. The van der Waals surface area contributed by atoms with Crippen LogP contribution in [-0.4, -0.2) is 12.6 Å². The first-order valence-corrected chi connectivity index (χ1v) is 8.56. The van der Waals surface area contributed by atoms with Gasteiger partial charge >= 0.3 is 0 Å². The summed E-state index contributed by atoms with van der Waals surface area (Å²) >= 11 is 1.86. The molecule has 1 N–H and O–H groups in total. The number of nitrogens with one attached hydrogen (secondary N) is 1. The number of thiophene rings is 1. The van der Waals surface area contributed by atoms with E-state index in [1.54, 1.807) is 5.56 Å². The van der Waals surface area contributed by atoms with Crippen LogP contribution >= 0.6 is 11.3 Å². The SMILES string of the molecule is CCC1CCC(CNC2CC2)C(c2ccsc2)C1. The Balaban J connectivity index is 1.65. The van der Waals surface area contributed by atoms with Crippen LogP contribution in [0.15, 0.2) is 16.8 Å². The zero-order valence-corrected chi connectivity index (χ0v) is 12.2. The summed E-state index contributed by atoms with van der Waals surface area (Å²) in [5, 5.41) is 8.38. The predicted octanol–water partition coefficient (Wildman–Crippen LogP) is 4.41. The van der Waals surface area contributed by atoms with Crippen molar-refractivity contribution in [3.05, 3.63) is 22.4 Å². The Morgan fingerprint density at radius 3 is 2.83 bits per heavy atom. The molecule has 0 aliphatic heterocycles. The highest BCUT2D eigenvalue weighted by Crippen LogP contribution is 2.42. The molecule has 2 aliphatic rings. The average molecular weight is 263 g/mol. The summed E-state index contributed by atoms with van der Waals surface area (Å²) in [5.41, 5.74) is 1.61. The fraction of sp³-hybridized carbons (Fsp3) is 0.750. The average Bonchev–Trinajstić information content (AvgIpc) is 3.08. The van der Waals surface area contributed by atoms with Crippen molar-refractivity contribution in [2.24, 2.45) is 11.8 Å². The second kappa shape index (κ2) is 5.75. The van der Waals surface area contributed by atoms with Gasteiger partial charge in [-0.2, -0.15) is 11.3 Å². The minimum Gasteiger partial charge on any atom is -0.314 e. The normalized spacial score (nSPS) is 32.6. The molecule has 2 fully saturated rings. The van der Waals surface area contributed by atoms with Crippen LogP contribution in [0.3, 0.4) is 0 Å². The third-order valence-corrected chi connectivity index (χ3v) is 5.60. The summed E-state index contributed by atoms with van der Waals surface area (Å²) in [4.78, 5) is 0. The van der Waals surface area contributed by atoms with Gasteiger partial charge in [0.15, 0.2) is 0 Å². The zero-order valence-electron chi connectivity index (χ0n) is 11.4. The van der Waals surface area contributed by atoms with Gasteiger partial charge < -0.3 is 5.32 Å². The highest BCUT2D eigenvalue weighted by atomic mass is 32.1. The van der Waals surface area contributed by atoms with Gasteiger partial charge in [0.25, 0.3) is 0 Å².